The second kappa shape index (κ2) is 6.57. The standard InChI is InChI=1S/C13H14N4O5/c1-8-12(16-22-17(8)19)13(18)15-14-7-9-4-5-10(20-2)11(6-9)21-3/h4-7H,1-3H3,(H,15,18)/b14-7+. The third-order valence-corrected chi connectivity index (χ3v) is 2.83. The molecule has 2 aromatic rings. The number of aromatic nitrogens is 2. The van der Waals surface area contributed by atoms with E-state index >= 15 is 0 Å². The van der Waals surface area contributed by atoms with Crippen molar-refractivity contribution in [3.05, 3.63) is 40.4 Å². The van der Waals surface area contributed by atoms with Crippen molar-refractivity contribution < 1.29 is 23.8 Å². The molecule has 1 heterocycles. The number of hydrogen-bond donors (Lipinski definition) is 1. The van der Waals surface area contributed by atoms with E-state index in [-0.39, 0.29) is 16.3 Å². The summed E-state index contributed by atoms with van der Waals surface area (Å²) in [7, 11) is 3.06. The van der Waals surface area contributed by atoms with E-state index in [9.17, 15) is 10.0 Å². The van der Waals surface area contributed by atoms with Crippen LogP contribution < -0.4 is 19.8 Å². The molecule has 0 spiro atoms. The smallest absolute Gasteiger partial charge is 0.322 e. The number of carbonyl (C=O) groups excluding carboxylic acids is 1. The van der Waals surface area contributed by atoms with Gasteiger partial charge < -0.3 is 14.7 Å². The summed E-state index contributed by atoms with van der Waals surface area (Å²) >= 11 is 0. The maximum absolute atomic E-state index is 11.7. The molecule has 9 nitrogen and oxygen atoms in total. The average molecular weight is 306 g/mol. The number of benzene rings is 1. The summed E-state index contributed by atoms with van der Waals surface area (Å²) in [6.45, 7) is 1.41. The minimum absolute atomic E-state index is 0.0545. The van der Waals surface area contributed by atoms with Crippen molar-refractivity contribution in [3.8, 4) is 11.5 Å². The summed E-state index contributed by atoms with van der Waals surface area (Å²) in [5.74, 6) is 0.479. The topological polar surface area (TPSA) is 113 Å². The van der Waals surface area contributed by atoms with Gasteiger partial charge >= 0.3 is 11.6 Å². The van der Waals surface area contributed by atoms with E-state index in [1.54, 1.807) is 18.2 Å². The first-order valence-electron chi connectivity index (χ1n) is 6.18. The van der Waals surface area contributed by atoms with Crippen LogP contribution in [0.5, 0.6) is 11.5 Å². The van der Waals surface area contributed by atoms with E-state index in [2.05, 4.69) is 20.3 Å². The summed E-state index contributed by atoms with van der Waals surface area (Å²) in [5.41, 5.74) is 2.87. The first-order chi connectivity index (χ1) is 10.6. The lowest BCUT2D eigenvalue weighted by molar-refractivity contribution is -0.806. The molecule has 0 unspecified atom stereocenters. The summed E-state index contributed by atoms with van der Waals surface area (Å²) in [5, 5.41) is 18.1. The molecular formula is C13H14N4O5. The van der Waals surface area contributed by atoms with Crippen LogP contribution in [-0.4, -0.2) is 31.5 Å². The van der Waals surface area contributed by atoms with Gasteiger partial charge in [0.15, 0.2) is 11.5 Å². The maximum Gasteiger partial charge on any atom is 0.322 e. The Hall–Kier alpha value is -3.10. The highest BCUT2D eigenvalue weighted by Crippen LogP contribution is 2.26. The van der Waals surface area contributed by atoms with Crippen LogP contribution in [0, 0.1) is 12.1 Å². The number of hydrogen-bond acceptors (Lipinski definition) is 7. The summed E-state index contributed by atoms with van der Waals surface area (Å²) in [6.07, 6.45) is 1.42. The van der Waals surface area contributed by atoms with Crippen molar-refractivity contribution in [3.63, 3.8) is 0 Å². The quantitative estimate of drug-likeness (QED) is 0.486. The molecule has 22 heavy (non-hydrogen) atoms. The molecule has 0 aliphatic heterocycles. The van der Waals surface area contributed by atoms with E-state index in [1.807, 2.05) is 0 Å². The number of hydrazone groups is 1. The molecule has 0 radical (unpaired) electrons. The van der Waals surface area contributed by atoms with Crippen LogP contribution in [-0.2, 0) is 0 Å². The van der Waals surface area contributed by atoms with Crippen LogP contribution in [0.1, 0.15) is 21.7 Å². The SMILES string of the molecule is COc1ccc(/C=N/NC(=O)c2no[n+]([O-])c2C)cc1OC. The van der Waals surface area contributed by atoms with Crippen molar-refractivity contribution in [2.24, 2.45) is 5.10 Å². The van der Waals surface area contributed by atoms with Crippen molar-refractivity contribution in [1.29, 1.82) is 0 Å². The monoisotopic (exact) mass is 306 g/mol. The van der Waals surface area contributed by atoms with Gasteiger partial charge in [0.2, 0.25) is 5.69 Å². The summed E-state index contributed by atoms with van der Waals surface area (Å²) in [6, 6.07) is 5.15. The van der Waals surface area contributed by atoms with E-state index in [1.165, 1.54) is 27.4 Å². The highest BCUT2D eigenvalue weighted by molar-refractivity contribution is 5.93. The summed E-state index contributed by atoms with van der Waals surface area (Å²) < 4.78 is 14.6. The Kier molecular flexibility index (Phi) is 4.57. The molecule has 1 N–H and O–H groups in total. The Balaban J connectivity index is 2.06. The van der Waals surface area contributed by atoms with Crippen molar-refractivity contribution in [1.82, 2.24) is 10.6 Å². The minimum atomic E-state index is -0.646. The molecule has 1 aromatic heterocycles. The van der Waals surface area contributed by atoms with Crippen molar-refractivity contribution >= 4 is 12.1 Å². The molecule has 0 saturated heterocycles. The van der Waals surface area contributed by atoms with Gasteiger partial charge in [0.05, 0.1) is 25.6 Å². The van der Waals surface area contributed by atoms with Gasteiger partial charge in [-0.2, -0.15) is 5.10 Å². The van der Waals surface area contributed by atoms with Gasteiger partial charge in [0.1, 0.15) is 0 Å². The molecule has 0 aliphatic carbocycles. The third kappa shape index (κ3) is 3.14. The predicted molar refractivity (Wildman–Crippen MR) is 74.8 cm³/mol. The Morgan fingerprint density at radius 3 is 2.73 bits per heavy atom. The minimum Gasteiger partial charge on any atom is -0.493 e. The van der Waals surface area contributed by atoms with Gasteiger partial charge in [0.25, 0.3) is 0 Å². The molecule has 0 saturated carbocycles. The number of ether oxygens (including phenoxy) is 2. The summed E-state index contributed by atoms with van der Waals surface area (Å²) in [4.78, 5) is 11.9. The molecule has 1 aromatic carbocycles. The number of nitrogens with zero attached hydrogens (tertiary/aromatic N) is 3. The zero-order chi connectivity index (χ0) is 16.1. The molecule has 2 rings (SSSR count). The fourth-order valence-corrected chi connectivity index (χ4v) is 1.65. The Morgan fingerprint density at radius 1 is 1.41 bits per heavy atom. The Morgan fingerprint density at radius 2 is 2.14 bits per heavy atom. The fraction of sp³-hybridized carbons (Fsp3) is 0.231. The maximum atomic E-state index is 11.7. The molecule has 0 bridgehead atoms. The molecule has 9 heteroatoms. The number of rotatable bonds is 5. The molecule has 0 aliphatic rings. The number of amides is 1. The van der Waals surface area contributed by atoms with Gasteiger partial charge in [-0.05, 0) is 28.7 Å². The van der Waals surface area contributed by atoms with Crippen LogP contribution in [0.2, 0.25) is 0 Å². The zero-order valence-electron chi connectivity index (χ0n) is 12.2. The van der Waals surface area contributed by atoms with Crippen LogP contribution in [0.15, 0.2) is 27.9 Å². The van der Waals surface area contributed by atoms with Crippen molar-refractivity contribution in [2.45, 2.75) is 6.92 Å². The molecule has 0 atom stereocenters. The molecule has 0 fully saturated rings. The van der Waals surface area contributed by atoms with E-state index < -0.39 is 5.91 Å². The Labute approximate surface area is 125 Å². The number of nitrogens with one attached hydrogen (secondary N) is 1. The second-order valence-electron chi connectivity index (χ2n) is 4.18. The van der Waals surface area contributed by atoms with Gasteiger partial charge in [0, 0.05) is 6.92 Å². The van der Waals surface area contributed by atoms with Gasteiger partial charge in [-0.1, -0.05) is 0 Å². The highest BCUT2D eigenvalue weighted by Gasteiger charge is 2.22. The van der Waals surface area contributed by atoms with E-state index in [0.717, 1.165) is 0 Å². The first kappa shape index (κ1) is 15.3. The number of methoxy groups -OCH3 is 2. The van der Waals surface area contributed by atoms with Gasteiger partial charge in [-0.25, -0.2) is 5.43 Å². The normalized spacial score (nSPS) is 10.7. The zero-order valence-corrected chi connectivity index (χ0v) is 12.2. The van der Waals surface area contributed by atoms with E-state index in [4.69, 9.17) is 9.47 Å². The first-order valence-corrected chi connectivity index (χ1v) is 6.18. The average Bonchev–Trinajstić information content (AvgIpc) is 2.86. The largest absolute Gasteiger partial charge is 0.493 e. The van der Waals surface area contributed by atoms with Crippen LogP contribution >= 0.6 is 0 Å². The van der Waals surface area contributed by atoms with Crippen LogP contribution in [0.4, 0.5) is 0 Å². The molecule has 1 amide bonds. The van der Waals surface area contributed by atoms with Gasteiger partial charge in [-0.3, -0.25) is 9.42 Å². The second-order valence-corrected chi connectivity index (χ2v) is 4.18. The van der Waals surface area contributed by atoms with Crippen LogP contribution in [0.3, 0.4) is 0 Å². The number of carbonyl (C=O) groups is 1. The lowest BCUT2D eigenvalue weighted by Crippen LogP contribution is -2.28. The predicted octanol–water partition coefficient (Wildman–Crippen LogP) is 0.398. The van der Waals surface area contributed by atoms with Crippen LogP contribution in [0.25, 0.3) is 0 Å². The van der Waals surface area contributed by atoms with Crippen molar-refractivity contribution in [2.75, 3.05) is 14.2 Å². The molecule has 116 valence electrons. The van der Waals surface area contributed by atoms with Gasteiger partial charge in [-0.15, -0.1) is 0 Å². The molecular weight excluding hydrogens is 292 g/mol. The lowest BCUT2D eigenvalue weighted by atomic mass is 10.2. The lowest BCUT2D eigenvalue weighted by Gasteiger charge is -2.07. The fourth-order valence-electron chi connectivity index (χ4n) is 1.65. The highest BCUT2D eigenvalue weighted by atomic mass is 16.8. The third-order valence-electron chi connectivity index (χ3n) is 2.83. The Bertz CT molecular complexity index is 710. The van der Waals surface area contributed by atoms with E-state index in [0.29, 0.717) is 17.1 Å².